The minimum Gasteiger partial charge on any atom is -0.362 e. The van der Waals surface area contributed by atoms with Crippen LogP contribution < -0.4 is 10.6 Å². The van der Waals surface area contributed by atoms with Crippen LogP contribution >= 0.6 is 11.6 Å². The summed E-state index contributed by atoms with van der Waals surface area (Å²) < 4.78 is 41.8. The monoisotopic (exact) mass is 400 g/mol. The van der Waals surface area contributed by atoms with Crippen LogP contribution in [0.15, 0.2) is 24.3 Å². The zero-order chi connectivity index (χ0) is 19.8. The van der Waals surface area contributed by atoms with E-state index in [0.717, 1.165) is 15.8 Å². The quantitative estimate of drug-likeness (QED) is 0.785. The zero-order valence-corrected chi connectivity index (χ0v) is 15.7. The van der Waals surface area contributed by atoms with Crippen LogP contribution in [0.2, 0.25) is 5.02 Å². The van der Waals surface area contributed by atoms with E-state index in [1.165, 1.54) is 0 Å². The van der Waals surface area contributed by atoms with Gasteiger partial charge in [0.1, 0.15) is 10.8 Å². The number of nitrogens with zero attached hydrogens (tertiary/aromatic N) is 2. The minimum absolute atomic E-state index is 0.0115. The molecule has 0 spiro atoms. The Balaban J connectivity index is 2.01. The normalized spacial score (nSPS) is 19.3. The number of nitrogens with one attached hydrogen (secondary N) is 2. The van der Waals surface area contributed by atoms with Gasteiger partial charge in [0.2, 0.25) is 0 Å². The second-order valence-electron chi connectivity index (χ2n) is 6.61. The van der Waals surface area contributed by atoms with E-state index >= 15 is 0 Å². The zero-order valence-electron chi connectivity index (χ0n) is 14.9. The molecule has 0 unspecified atom stereocenters. The molecule has 2 heterocycles. The lowest BCUT2D eigenvalue weighted by atomic mass is 9.96. The highest BCUT2D eigenvalue weighted by Gasteiger charge is 2.47. The summed E-state index contributed by atoms with van der Waals surface area (Å²) in [5.41, 5.74) is 1.53. The Morgan fingerprint density at radius 3 is 2.63 bits per heavy atom. The average Bonchev–Trinajstić information content (AvgIpc) is 2.95. The molecule has 146 valence electrons. The van der Waals surface area contributed by atoms with Crippen molar-refractivity contribution in [1.29, 1.82) is 0 Å². The van der Waals surface area contributed by atoms with Crippen LogP contribution in [0.1, 0.15) is 53.5 Å². The van der Waals surface area contributed by atoms with E-state index in [-0.39, 0.29) is 23.0 Å². The van der Waals surface area contributed by atoms with Crippen LogP contribution in [0.3, 0.4) is 0 Å². The van der Waals surface area contributed by atoms with E-state index in [4.69, 9.17) is 11.6 Å². The molecule has 5 nitrogen and oxygen atoms in total. The van der Waals surface area contributed by atoms with E-state index in [9.17, 15) is 18.0 Å². The van der Waals surface area contributed by atoms with E-state index in [1.54, 1.807) is 12.1 Å². The van der Waals surface area contributed by atoms with Gasteiger partial charge >= 0.3 is 6.18 Å². The maximum atomic E-state index is 13.7. The number of alkyl halides is 3. The Bertz CT molecular complexity index is 832. The van der Waals surface area contributed by atoms with Crippen molar-refractivity contribution in [3.05, 3.63) is 46.1 Å². The maximum Gasteiger partial charge on any atom is 0.410 e. The fraction of sp³-hybridized carbons (Fsp3) is 0.444. The molecule has 27 heavy (non-hydrogen) atoms. The van der Waals surface area contributed by atoms with Crippen molar-refractivity contribution in [2.75, 3.05) is 11.9 Å². The number of hydrogen-bond donors (Lipinski definition) is 2. The predicted molar refractivity (Wildman–Crippen MR) is 97.1 cm³/mol. The highest BCUT2D eigenvalue weighted by molar-refractivity contribution is 6.36. The number of hydrogen-bond acceptors (Lipinski definition) is 3. The number of amides is 1. The molecule has 0 saturated carbocycles. The predicted octanol–water partition coefficient (Wildman–Crippen LogP) is 4.65. The Morgan fingerprint density at radius 1 is 1.37 bits per heavy atom. The number of anilines is 1. The number of benzene rings is 1. The van der Waals surface area contributed by atoms with Gasteiger partial charge < -0.3 is 10.6 Å². The molecule has 0 aliphatic carbocycles. The van der Waals surface area contributed by atoms with Crippen molar-refractivity contribution in [1.82, 2.24) is 15.1 Å². The average molecular weight is 401 g/mol. The molecule has 1 amide bonds. The molecule has 9 heteroatoms. The van der Waals surface area contributed by atoms with Crippen LogP contribution in [-0.4, -0.2) is 28.4 Å². The molecule has 3 rings (SSSR count). The van der Waals surface area contributed by atoms with Crippen molar-refractivity contribution < 1.29 is 18.0 Å². The number of aromatic nitrogens is 2. The van der Waals surface area contributed by atoms with Gasteiger partial charge in [-0.1, -0.05) is 48.4 Å². The summed E-state index contributed by atoms with van der Waals surface area (Å²) in [5.74, 6) is -0.573. The molecule has 2 atom stereocenters. The van der Waals surface area contributed by atoms with E-state index in [0.29, 0.717) is 13.0 Å². The van der Waals surface area contributed by atoms with Crippen LogP contribution in [0.4, 0.5) is 19.0 Å². The van der Waals surface area contributed by atoms with Crippen molar-refractivity contribution in [2.24, 2.45) is 0 Å². The van der Waals surface area contributed by atoms with Gasteiger partial charge in [-0.25, -0.2) is 4.68 Å². The molecule has 0 bridgehead atoms. The lowest BCUT2D eigenvalue weighted by Gasteiger charge is -2.33. The van der Waals surface area contributed by atoms with Gasteiger partial charge in [-0.2, -0.15) is 18.3 Å². The molecule has 0 radical (unpaired) electrons. The van der Waals surface area contributed by atoms with Gasteiger partial charge in [0.25, 0.3) is 5.91 Å². The molecule has 0 fully saturated rings. The number of halogens is 4. The van der Waals surface area contributed by atoms with Crippen LogP contribution in [-0.2, 0) is 0 Å². The number of rotatable bonds is 4. The van der Waals surface area contributed by atoms with Gasteiger partial charge in [-0.05, 0) is 18.9 Å². The third-order valence-electron chi connectivity index (χ3n) is 4.53. The number of aryl methyl sites for hydroxylation is 1. The highest BCUT2D eigenvalue weighted by Crippen LogP contribution is 2.46. The van der Waals surface area contributed by atoms with Crippen LogP contribution in [0.25, 0.3) is 0 Å². The first-order valence-corrected chi connectivity index (χ1v) is 9.06. The van der Waals surface area contributed by atoms with Crippen molar-refractivity contribution in [2.45, 2.75) is 44.9 Å². The molecule has 2 aromatic rings. The SMILES string of the molecule is CCCNC(=O)c1nn2c(c1Cl)N[C@H](c1ccc(C)cc1)C[C@H]2C(F)(F)F. The largest absolute Gasteiger partial charge is 0.410 e. The molecule has 1 aliphatic heterocycles. The van der Waals surface area contributed by atoms with Crippen molar-refractivity contribution >= 4 is 23.3 Å². The Hall–Kier alpha value is -2.22. The lowest BCUT2D eigenvalue weighted by Crippen LogP contribution is -2.36. The topological polar surface area (TPSA) is 59.0 Å². The molecular weight excluding hydrogens is 381 g/mol. The third-order valence-corrected chi connectivity index (χ3v) is 4.88. The first-order chi connectivity index (χ1) is 12.7. The first kappa shape index (κ1) is 19.5. The van der Waals surface area contributed by atoms with E-state index in [2.05, 4.69) is 15.7 Å². The van der Waals surface area contributed by atoms with Crippen LogP contribution in [0.5, 0.6) is 0 Å². The van der Waals surface area contributed by atoms with E-state index in [1.807, 2.05) is 26.0 Å². The number of carbonyl (C=O) groups is 1. The minimum atomic E-state index is -4.52. The summed E-state index contributed by atoms with van der Waals surface area (Å²) in [4.78, 5) is 12.2. The summed E-state index contributed by atoms with van der Waals surface area (Å²) >= 11 is 6.24. The van der Waals surface area contributed by atoms with Gasteiger partial charge in [0, 0.05) is 13.0 Å². The van der Waals surface area contributed by atoms with Gasteiger partial charge in [-0.3, -0.25) is 4.79 Å². The third kappa shape index (κ3) is 3.90. The molecule has 1 aromatic carbocycles. The van der Waals surface area contributed by atoms with Gasteiger partial charge in [-0.15, -0.1) is 0 Å². The van der Waals surface area contributed by atoms with Crippen molar-refractivity contribution in [3.63, 3.8) is 0 Å². The van der Waals surface area contributed by atoms with Crippen LogP contribution in [0, 0.1) is 6.92 Å². The summed E-state index contributed by atoms with van der Waals surface area (Å²) in [7, 11) is 0. The molecule has 1 aliphatic rings. The lowest BCUT2D eigenvalue weighted by molar-refractivity contribution is -0.173. The summed E-state index contributed by atoms with van der Waals surface area (Å²) in [5, 5.41) is 9.40. The first-order valence-electron chi connectivity index (χ1n) is 8.68. The van der Waals surface area contributed by atoms with E-state index < -0.39 is 24.2 Å². The van der Waals surface area contributed by atoms with Gasteiger partial charge in [0.15, 0.2) is 11.7 Å². The van der Waals surface area contributed by atoms with Crippen molar-refractivity contribution in [3.8, 4) is 0 Å². The smallest absolute Gasteiger partial charge is 0.362 e. The summed E-state index contributed by atoms with van der Waals surface area (Å²) in [6.07, 6.45) is -4.07. The second kappa shape index (κ2) is 7.42. The summed E-state index contributed by atoms with van der Waals surface area (Å²) in [6.45, 7) is 4.16. The Kier molecular flexibility index (Phi) is 5.37. The molecular formula is C18H20ClF3N4O. The standard InChI is InChI=1S/C18H20ClF3N4O/c1-3-8-23-17(27)15-14(19)16-24-12(11-6-4-10(2)5-7-11)9-13(18(20,21)22)26(16)25-15/h4-7,12-13,24H,3,8-9H2,1-2H3,(H,23,27)/t12-,13-/m0/s1. The fourth-order valence-electron chi connectivity index (χ4n) is 3.07. The summed E-state index contributed by atoms with van der Waals surface area (Å²) in [6, 6.07) is 4.80. The molecule has 2 N–H and O–H groups in total. The second-order valence-corrected chi connectivity index (χ2v) is 6.99. The maximum absolute atomic E-state index is 13.7. The number of fused-ring (bicyclic) bond motifs is 1. The molecule has 0 saturated heterocycles. The molecule has 1 aromatic heterocycles. The Morgan fingerprint density at radius 2 is 2.04 bits per heavy atom. The Labute approximate surface area is 159 Å². The van der Waals surface area contributed by atoms with Gasteiger partial charge in [0.05, 0.1) is 6.04 Å². The highest BCUT2D eigenvalue weighted by atomic mass is 35.5. The fourth-order valence-corrected chi connectivity index (χ4v) is 3.34. The number of carbonyl (C=O) groups excluding carboxylic acids is 1.